The molecule has 1 unspecified atom stereocenters. The van der Waals surface area contributed by atoms with Crippen molar-refractivity contribution in [2.75, 3.05) is 5.32 Å². The number of ether oxygens (including phenoxy) is 1. The van der Waals surface area contributed by atoms with Crippen molar-refractivity contribution in [2.24, 2.45) is 7.05 Å². The molecule has 0 aliphatic rings. The van der Waals surface area contributed by atoms with Gasteiger partial charge in [0.2, 0.25) is 0 Å². The van der Waals surface area contributed by atoms with Crippen LogP contribution in [0.2, 0.25) is 0 Å². The highest BCUT2D eigenvalue weighted by atomic mass is 32.1. The number of aryl methyl sites for hydroxylation is 3. The van der Waals surface area contributed by atoms with E-state index in [0.29, 0.717) is 11.4 Å². The van der Waals surface area contributed by atoms with Gasteiger partial charge in [-0.15, -0.1) is 0 Å². The van der Waals surface area contributed by atoms with Gasteiger partial charge >= 0.3 is 4.87 Å². The van der Waals surface area contributed by atoms with Gasteiger partial charge in [0, 0.05) is 12.7 Å². The van der Waals surface area contributed by atoms with Crippen LogP contribution < -0.4 is 14.9 Å². The summed E-state index contributed by atoms with van der Waals surface area (Å²) in [5.74, 6) is 0.465. The van der Waals surface area contributed by atoms with Gasteiger partial charge in [0.25, 0.3) is 5.91 Å². The molecule has 0 saturated heterocycles. The summed E-state index contributed by atoms with van der Waals surface area (Å²) in [6.07, 6.45) is -0.633. The van der Waals surface area contributed by atoms with Crippen molar-refractivity contribution < 1.29 is 9.53 Å². The first-order valence-electron chi connectivity index (χ1n) is 7.99. The number of thiazole rings is 1. The quantitative estimate of drug-likeness (QED) is 0.777. The molecule has 0 fully saturated rings. The van der Waals surface area contributed by atoms with Crippen molar-refractivity contribution >= 4 is 33.1 Å². The van der Waals surface area contributed by atoms with Crippen LogP contribution in [-0.4, -0.2) is 16.6 Å². The number of carbonyl (C=O) groups excluding carboxylic acids is 1. The van der Waals surface area contributed by atoms with Crippen molar-refractivity contribution in [3.05, 3.63) is 57.2 Å². The van der Waals surface area contributed by atoms with Crippen LogP contribution in [0.25, 0.3) is 10.2 Å². The highest BCUT2D eigenvalue weighted by molar-refractivity contribution is 7.16. The van der Waals surface area contributed by atoms with Crippen LogP contribution in [0.4, 0.5) is 5.69 Å². The number of benzene rings is 2. The van der Waals surface area contributed by atoms with Gasteiger partial charge in [-0.3, -0.25) is 9.59 Å². The first kappa shape index (κ1) is 17.2. The lowest BCUT2D eigenvalue weighted by Crippen LogP contribution is -2.30. The van der Waals surface area contributed by atoms with Crippen LogP contribution in [-0.2, 0) is 11.8 Å². The molecule has 130 valence electrons. The molecule has 1 atom stereocenters. The van der Waals surface area contributed by atoms with E-state index in [1.54, 1.807) is 24.6 Å². The van der Waals surface area contributed by atoms with Crippen LogP contribution in [0.1, 0.15) is 18.1 Å². The molecule has 0 aliphatic heterocycles. The molecular weight excluding hydrogens is 336 g/mol. The van der Waals surface area contributed by atoms with Gasteiger partial charge in [0.15, 0.2) is 6.10 Å². The number of hydrogen-bond acceptors (Lipinski definition) is 4. The maximum Gasteiger partial charge on any atom is 0.307 e. The van der Waals surface area contributed by atoms with E-state index in [0.717, 1.165) is 32.7 Å². The Morgan fingerprint density at radius 1 is 1.20 bits per heavy atom. The van der Waals surface area contributed by atoms with Crippen LogP contribution >= 0.6 is 11.3 Å². The largest absolute Gasteiger partial charge is 0.481 e. The molecule has 2 aromatic carbocycles. The fourth-order valence-corrected chi connectivity index (χ4v) is 3.55. The summed E-state index contributed by atoms with van der Waals surface area (Å²) < 4.78 is 8.22. The summed E-state index contributed by atoms with van der Waals surface area (Å²) in [4.78, 5) is 24.1. The highest BCUT2D eigenvalue weighted by Crippen LogP contribution is 2.23. The molecule has 1 amide bonds. The van der Waals surface area contributed by atoms with E-state index in [9.17, 15) is 9.59 Å². The predicted molar refractivity (Wildman–Crippen MR) is 102 cm³/mol. The molecule has 1 N–H and O–H groups in total. The molecule has 1 aromatic heterocycles. The van der Waals surface area contributed by atoms with E-state index in [-0.39, 0.29) is 10.8 Å². The van der Waals surface area contributed by atoms with E-state index in [1.807, 2.05) is 44.2 Å². The average Bonchev–Trinajstić information content (AvgIpc) is 2.84. The van der Waals surface area contributed by atoms with Crippen molar-refractivity contribution in [3.8, 4) is 5.75 Å². The van der Waals surface area contributed by atoms with Crippen molar-refractivity contribution in [2.45, 2.75) is 26.9 Å². The third-order valence-corrected chi connectivity index (χ3v) is 5.06. The number of anilines is 1. The fourth-order valence-electron chi connectivity index (χ4n) is 2.63. The van der Waals surface area contributed by atoms with Crippen molar-refractivity contribution in [1.82, 2.24) is 4.57 Å². The van der Waals surface area contributed by atoms with E-state index < -0.39 is 6.10 Å². The number of nitrogens with zero attached hydrogens (tertiary/aromatic N) is 1. The molecule has 0 saturated carbocycles. The van der Waals surface area contributed by atoms with Gasteiger partial charge in [0.05, 0.1) is 10.2 Å². The average molecular weight is 356 g/mol. The Bertz CT molecular complexity index is 1000. The number of rotatable bonds is 4. The molecule has 3 rings (SSSR count). The van der Waals surface area contributed by atoms with E-state index >= 15 is 0 Å². The molecule has 0 aliphatic carbocycles. The number of amides is 1. The number of carbonyl (C=O) groups is 1. The van der Waals surface area contributed by atoms with E-state index in [2.05, 4.69) is 5.32 Å². The Kier molecular flexibility index (Phi) is 4.63. The summed E-state index contributed by atoms with van der Waals surface area (Å²) >= 11 is 1.16. The standard InChI is InChI=1S/C19H20N2O3S/c1-11-5-8-16(12(2)9-11)24-13(3)18(22)20-14-6-7-15-17(10-14)25-19(23)21(15)4/h5-10,13H,1-4H3,(H,20,22). The normalized spacial score (nSPS) is 12.2. The zero-order valence-electron chi connectivity index (χ0n) is 14.6. The molecule has 0 radical (unpaired) electrons. The van der Waals surface area contributed by atoms with Gasteiger partial charge in [-0.2, -0.15) is 0 Å². The maximum absolute atomic E-state index is 12.4. The molecule has 0 spiro atoms. The van der Waals surface area contributed by atoms with E-state index in [1.165, 1.54) is 0 Å². The minimum absolute atomic E-state index is 0.0231. The molecule has 1 heterocycles. The van der Waals surface area contributed by atoms with Crippen LogP contribution in [0.15, 0.2) is 41.2 Å². The fraction of sp³-hybridized carbons (Fsp3) is 0.263. The minimum atomic E-state index is -0.633. The number of aromatic nitrogens is 1. The Morgan fingerprint density at radius 2 is 1.96 bits per heavy atom. The summed E-state index contributed by atoms with van der Waals surface area (Å²) in [5, 5.41) is 2.85. The van der Waals surface area contributed by atoms with Crippen molar-refractivity contribution in [3.63, 3.8) is 0 Å². The second kappa shape index (κ2) is 6.72. The molecule has 3 aromatic rings. The third kappa shape index (κ3) is 3.58. The molecular formula is C19H20N2O3S. The third-order valence-electron chi connectivity index (χ3n) is 4.06. The van der Waals surface area contributed by atoms with Gasteiger partial charge in [0.1, 0.15) is 5.75 Å². The molecule has 5 nitrogen and oxygen atoms in total. The summed E-state index contributed by atoms with van der Waals surface area (Å²) in [5.41, 5.74) is 3.65. The second-order valence-corrected chi connectivity index (χ2v) is 7.12. The zero-order valence-corrected chi connectivity index (χ0v) is 15.4. The first-order chi connectivity index (χ1) is 11.8. The summed E-state index contributed by atoms with van der Waals surface area (Å²) in [6, 6.07) is 11.3. The lowest BCUT2D eigenvalue weighted by molar-refractivity contribution is -0.122. The van der Waals surface area contributed by atoms with E-state index in [4.69, 9.17) is 4.74 Å². The maximum atomic E-state index is 12.4. The zero-order chi connectivity index (χ0) is 18.1. The Labute approximate surface area is 149 Å². The minimum Gasteiger partial charge on any atom is -0.481 e. The molecule has 25 heavy (non-hydrogen) atoms. The Hall–Kier alpha value is -2.60. The Balaban J connectivity index is 1.73. The SMILES string of the molecule is Cc1ccc(OC(C)C(=O)Nc2ccc3c(c2)sc(=O)n3C)c(C)c1. The van der Waals surface area contributed by atoms with Crippen LogP contribution in [0.3, 0.4) is 0 Å². The topological polar surface area (TPSA) is 60.3 Å². The number of nitrogens with one attached hydrogen (secondary N) is 1. The first-order valence-corrected chi connectivity index (χ1v) is 8.81. The second-order valence-electron chi connectivity index (χ2n) is 6.13. The highest BCUT2D eigenvalue weighted by Gasteiger charge is 2.16. The molecule has 0 bridgehead atoms. The van der Waals surface area contributed by atoms with Gasteiger partial charge in [-0.25, -0.2) is 0 Å². The lowest BCUT2D eigenvalue weighted by Gasteiger charge is -2.16. The van der Waals surface area contributed by atoms with Crippen LogP contribution in [0, 0.1) is 13.8 Å². The number of hydrogen-bond donors (Lipinski definition) is 1. The van der Waals surface area contributed by atoms with Gasteiger partial charge in [-0.1, -0.05) is 29.0 Å². The predicted octanol–water partition coefficient (Wildman–Crippen LogP) is 3.62. The summed E-state index contributed by atoms with van der Waals surface area (Å²) in [7, 11) is 1.74. The van der Waals surface area contributed by atoms with Crippen molar-refractivity contribution in [1.29, 1.82) is 0 Å². The molecule has 6 heteroatoms. The van der Waals surface area contributed by atoms with Gasteiger partial charge in [-0.05, 0) is 50.6 Å². The lowest BCUT2D eigenvalue weighted by atomic mass is 10.1. The monoisotopic (exact) mass is 356 g/mol. The summed E-state index contributed by atoms with van der Waals surface area (Å²) in [6.45, 7) is 5.69. The number of fused-ring (bicyclic) bond motifs is 1. The smallest absolute Gasteiger partial charge is 0.307 e. The van der Waals surface area contributed by atoms with Crippen LogP contribution in [0.5, 0.6) is 5.75 Å². The van der Waals surface area contributed by atoms with Gasteiger partial charge < -0.3 is 14.6 Å². The Morgan fingerprint density at radius 3 is 2.68 bits per heavy atom.